The Morgan fingerprint density at radius 3 is 1.97 bits per heavy atom. The highest BCUT2D eigenvalue weighted by Crippen LogP contribution is 2.36. The third kappa shape index (κ3) is 6.44. The van der Waals surface area contributed by atoms with E-state index in [1.54, 1.807) is 0 Å². The van der Waals surface area contributed by atoms with Crippen LogP contribution in [0.15, 0.2) is 40.9 Å². The number of benzene rings is 2. The van der Waals surface area contributed by atoms with Gasteiger partial charge in [0.1, 0.15) is 5.75 Å². The highest BCUT2D eigenvalue weighted by Gasteiger charge is 2.17. The number of unbranched alkanes of at least 4 members (excludes halogenated alkanes) is 1. The zero-order valence-electron chi connectivity index (χ0n) is 19.1. The van der Waals surface area contributed by atoms with Crippen molar-refractivity contribution in [2.45, 2.75) is 47.5 Å². The van der Waals surface area contributed by atoms with Crippen LogP contribution in [-0.2, 0) is 0 Å². The third-order valence-electron chi connectivity index (χ3n) is 5.23. The van der Waals surface area contributed by atoms with E-state index >= 15 is 0 Å². The maximum Gasteiger partial charge on any atom is 0.144 e. The summed E-state index contributed by atoms with van der Waals surface area (Å²) in [7, 11) is 0. The fourth-order valence-electron chi connectivity index (χ4n) is 3.41. The molecule has 4 heteroatoms. The molecule has 0 aliphatic rings. The van der Waals surface area contributed by atoms with E-state index in [0.29, 0.717) is 0 Å². The molecule has 0 spiro atoms. The van der Waals surface area contributed by atoms with Gasteiger partial charge in [-0.15, -0.1) is 0 Å². The minimum absolute atomic E-state index is 0.742. The van der Waals surface area contributed by atoms with E-state index in [9.17, 15) is 0 Å². The van der Waals surface area contributed by atoms with Gasteiger partial charge in [0.2, 0.25) is 0 Å². The largest absolute Gasteiger partial charge is 0.491 e. The van der Waals surface area contributed by atoms with Crippen LogP contribution in [0.2, 0.25) is 0 Å². The minimum atomic E-state index is 0.742. The molecule has 0 amide bonds. The average Bonchev–Trinajstić information content (AvgIpc) is 2.76. The Labute approximate surface area is 191 Å². The molecule has 0 atom stereocenters. The van der Waals surface area contributed by atoms with E-state index in [1.807, 2.05) is 24.3 Å². The number of hydrogen-bond donors (Lipinski definition) is 0. The van der Waals surface area contributed by atoms with Gasteiger partial charge >= 0.3 is 0 Å². The van der Waals surface area contributed by atoms with Crippen molar-refractivity contribution in [3.05, 3.63) is 52.0 Å². The molecule has 2 rings (SSSR count). The average molecular weight is 471 g/mol. The molecule has 162 valence electrons. The van der Waals surface area contributed by atoms with Gasteiger partial charge in [-0.25, -0.2) is 0 Å². The van der Waals surface area contributed by atoms with Gasteiger partial charge < -0.3 is 14.5 Å². The zero-order valence-corrected chi connectivity index (χ0v) is 20.7. The molecule has 2 aromatic carbocycles. The number of nitrogens with zero attached hydrogens (tertiary/aromatic N) is 2. The molecule has 0 saturated carbocycles. The highest BCUT2D eigenvalue weighted by atomic mass is 79.9. The summed E-state index contributed by atoms with van der Waals surface area (Å²) >= 11 is 3.49. The van der Waals surface area contributed by atoms with Crippen molar-refractivity contribution >= 4 is 27.3 Å². The number of halogens is 1. The van der Waals surface area contributed by atoms with Crippen LogP contribution in [0.5, 0.6) is 5.75 Å². The Bertz CT molecular complexity index is 844. The van der Waals surface area contributed by atoms with Gasteiger partial charge in [-0.1, -0.05) is 41.1 Å². The lowest BCUT2D eigenvalue weighted by molar-refractivity contribution is 0.309. The molecule has 0 heterocycles. The zero-order chi connectivity index (χ0) is 21.9. The van der Waals surface area contributed by atoms with Gasteiger partial charge in [-0.3, -0.25) is 0 Å². The van der Waals surface area contributed by atoms with Crippen molar-refractivity contribution in [1.82, 2.24) is 0 Å². The normalized spacial score (nSPS) is 10.3. The fourth-order valence-corrected chi connectivity index (χ4v) is 3.67. The standard InChI is InChI=1S/C26H35BrN2O/c1-6-11-18-30-26-20-24(28(7-2)8-3)22(19-25(26)29(9-4)10-5)15-12-21-13-16-23(27)17-14-21/h13-14,16-17,19-20H,6-11,18H2,1-5H3. The summed E-state index contributed by atoms with van der Waals surface area (Å²) in [5, 5.41) is 0. The molecular formula is C26H35BrN2O. The summed E-state index contributed by atoms with van der Waals surface area (Å²) < 4.78 is 7.32. The summed E-state index contributed by atoms with van der Waals surface area (Å²) in [6.07, 6.45) is 2.18. The number of rotatable bonds is 10. The van der Waals surface area contributed by atoms with Gasteiger partial charge in [-0.2, -0.15) is 0 Å². The van der Waals surface area contributed by atoms with Crippen LogP contribution < -0.4 is 14.5 Å². The second-order valence-electron chi connectivity index (χ2n) is 7.14. The quantitative estimate of drug-likeness (QED) is 0.283. The Morgan fingerprint density at radius 2 is 1.40 bits per heavy atom. The Hall–Kier alpha value is -2.12. The molecule has 0 fully saturated rings. The molecule has 0 radical (unpaired) electrons. The first-order chi connectivity index (χ1) is 14.6. The minimum Gasteiger partial charge on any atom is -0.491 e. The molecular weight excluding hydrogens is 436 g/mol. The summed E-state index contributed by atoms with van der Waals surface area (Å²) in [5.41, 5.74) is 4.34. The molecule has 3 nitrogen and oxygen atoms in total. The van der Waals surface area contributed by atoms with Gasteiger partial charge in [0.25, 0.3) is 0 Å². The maximum atomic E-state index is 6.25. The topological polar surface area (TPSA) is 15.7 Å². The molecule has 0 N–H and O–H groups in total. The first kappa shape index (κ1) is 24.2. The van der Waals surface area contributed by atoms with Crippen molar-refractivity contribution < 1.29 is 4.74 Å². The third-order valence-corrected chi connectivity index (χ3v) is 5.76. The lowest BCUT2D eigenvalue weighted by Gasteiger charge is -2.28. The first-order valence-corrected chi connectivity index (χ1v) is 11.9. The number of ether oxygens (including phenoxy) is 1. The van der Waals surface area contributed by atoms with Gasteiger partial charge in [0, 0.05) is 42.3 Å². The molecule has 0 bridgehead atoms. The Balaban J connectivity index is 2.58. The Kier molecular flexibility index (Phi) is 10.1. The van der Waals surface area contributed by atoms with Crippen LogP contribution >= 0.6 is 15.9 Å². The van der Waals surface area contributed by atoms with Gasteiger partial charge in [0.15, 0.2) is 0 Å². The predicted molar refractivity (Wildman–Crippen MR) is 134 cm³/mol. The molecule has 2 aromatic rings. The molecule has 0 aliphatic heterocycles. The summed E-state index contributed by atoms with van der Waals surface area (Å²) in [4.78, 5) is 4.70. The molecule has 0 saturated heterocycles. The van der Waals surface area contributed by atoms with Crippen molar-refractivity contribution in [2.75, 3.05) is 42.6 Å². The predicted octanol–water partition coefficient (Wildman–Crippen LogP) is 6.72. The van der Waals surface area contributed by atoms with Crippen molar-refractivity contribution in [1.29, 1.82) is 0 Å². The molecule has 0 aliphatic carbocycles. The van der Waals surface area contributed by atoms with E-state index in [-0.39, 0.29) is 0 Å². The number of anilines is 2. The van der Waals surface area contributed by atoms with Gasteiger partial charge in [0.05, 0.1) is 23.5 Å². The summed E-state index contributed by atoms with van der Waals surface area (Å²) in [5.74, 6) is 7.76. The van der Waals surface area contributed by atoms with Crippen LogP contribution in [0.1, 0.15) is 58.6 Å². The first-order valence-electron chi connectivity index (χ1n) is 11.2. The van der Waals surface area contributed by atoms with Crippen molar-refractivity contribution in [3.63, 3.8) is 0 Å². The van der Waals surface area contributed by atoms with E-state index in [1.165, 1.54) is 0 Å². The van der Waals surface area contributed by atoms with E-state index < -0.39 is 0 Å². The smallest absolute Gasteiger partial charge is 0.144 e. The lowest BCUT2D eigenvalue weighted by atomic mass is 10.1. The van der Waals surface area contributed by atoms with Crippen molar-refractivity contribution in [2.24, 2.45) is 0 Å². The molecule has 0 unspecified atom stereocenters. The van der Waals surface area contributed by atoms with Crippen LogP contribution in [0.25, 0.3) is 0 Å². The SMILES string of the molecule is CCCCOc1cc(N(CC)CC)c(C#Cc2ccc(Br)cc2)cc1N(CC)CC. The van der Waals surface area contributed by atoms with Crippen molar-refractivity contribution in [3.8, 4) is 17.6 Å². The Morgan fingerprint density at radius 1 is 0.800 bits per heavy atom. The number of hydrogen-bond acceptors (Lipinski definition) is 3. The van der Waals surface area contributed by atoms with E-state index in [0.717, 1.165) is 78.4 Å². The lowest BCUT2D eigenvalue weighted by Crippen LogP contribution is -2.25. The second kappa shape index (κ2) is 12.5. The maximum absolute atomic E-state index is 6.25. The molecule has 30 heavy (non-hydrogen) atoms. The molecule has 0 aromatic heterocycles. The van der Waals surface area contributed by atoms with Crippen LogP contribution in [0.4, 0.5) is 11.4 Å². The second-order valence-corrected chi connectivity index (χ2v) is 8.06. The van der Waals surface area contributed by atoms with E-state index in [2.05, 4.69) is 84.3 Å². The van der Waals surface area contributed by atoms with E-state index in [4.69, 9.17) is 4.74 Å². The van der Waals surface area contributed by atoms with Gasteiger partial charge in [-0.05, 0) is 64.4 Å². The fraction of sp³-hybridized carbons (Fsp3) is 0.462. The highest BCUT2D eigenvalue weighted by molar-refractivity contribution is 9.10. The summed E-state index contributed by atoms with van der Waals surface area (Å²) in [6, 6.07) is 12.6. The van der Waals surface area contributed by atoms with Crippen LogP contribution in [0, 0.1) is 11.8 Å². The summed E-state index contributed by atoms with van der Waals surface area (Å²) in [6.45, 7) is 15.4. The monoisotopic (exact) mass is 470 g/mol. The van der Waals surface area contributed by atoms with Crippen LogP contribution in [0.3, 0.4) is 0 Å². The van der Waals surface area contributed by atoms with Crippen LogP contribution in [-0.4, -0.2) is 32.8 Å².